The summed E-state index contributed by atoms with van der Waals surface area (Å²) in [4.78, 5) is 14.9. The van der Waals surface area contributed by atoms with Gasteiger partial charge in [-0.2, -0.15) is 0 Å². The number of aliphatic hydroxyl groups is 2. The lowest BCUT2D eigenvalue weighted by atomic mass is 9.59. The van der Waals surface area contributed by atoms with Crippen LogP contribution in [-0.4, -0.2) is 65.4 Å². The van der Waals surface area contributed by atoms with Gasteiger partial charge in [-0.3, -0.25) is 9.69 Å². The molecule has 2 bridgehead atoms. The van der Waals surface area contributed by atoms with Crippen LogP contribution in [0, 0.1) is 11.3 Å². The van der Waals surface area contributed by atoms with E-state index in [9.17, 15) is 15.0 Å². The first-order chi connectivity index (χ1) is 13.0. The Kier molecular flexibility index (Phi) is 6.57. The van der Waals surface area contributed by atoms with Crippen LogP contribution in [0.3, 0.4) is 0 Å². The SMILES string of the molecule is C=CC(=O)C(OC)C1=CCC2[C@@H](O)[C@@]1(C[C@@H](O)CC)CCN2CC1CCC1. The van der Waals surface area contributed by atoms with Crippen LogP contribution >= 0.6 is 0 Å². The zero-order valence-electron chi connectivity index (χ0n) is 16.8. The van der Waals surface area contributed by atoms with Gasteiger partial charge in [-0.25, -0.2) is 0 Å². The first kappa shape index (κ1) is 20.7. The molecule has 2 N–H and O–H groups in total. The Balaban J connectivity index is 1.92. The minimum Gasteiger partial charge on any atom is -0.393 e. The molecular formula is C22H35NO4. The van der Waals surface area contributed by atoms with Gasteiger partial charge in [0.1, 0.15) is 6.10 Å². The number of piperidine rings is 1. The fourth-order valence-electron chi connectivity index (χ4n) is 5.28. The summed E-state index contributed by atoms with van der Waals surface area (Å²) >= 11 is 0. The van der Waals surface area contributed by atoms with Crippen molar-refractivity contribution in [3.8, 4) is 0 Å². The quantitative estimate of drug-likeness (QED) is 0.477. The highest BCUT2D eigenvalue weighted by Crippen LogP contribution is 2.51. The van der Waals surface area contributed by atoms with Crippen molar-refractivity contribution in [1.29, 1.82) is 0 Å². The van der Waals surface area contributed by atoms with Crippen LogP contribution in [0.25, 0.3) is 0 Å². The van der Waals surface area contributed by atoms with E-state index in [2.05, 4.69) is 17.6 Å². The molecule has 0 amide bonds. The van der Waals surface area contributed by atoms with Crippen LogP contribution in [0.1, 0.15) is 51.9 Å². The lowest BCUT2D eigenvalue weighted by molar-refractivity contribution is -0.129. The highest BCUT2D eigenvalue weighted by atomic mass is 16.5. The van der Waals surface area contributed by atoms with Gasteiger partial charge in [-0.15, -0.1) is 0 Å². The number of carbonyl (C=O) groups is 1. The van der Waals surface area contributed by atoms with E-state index in [1.165, 1.54) is 32.4 Å². The predicted octanol–water partition coefficient (Wildman–Crippen LogP) is 2.47. The minimum atomic E-state index is -0.722. The summed E-state index contributed by atoms with van der Waals surface area (Å²) in [6.45, 7) is 7.50. The molecule has 1 aliphatic heterocycles. The number of methoxy groups -OCH3 is 1. The number of hydrogen-bond donors (Lipinski definition) is 2. The Morgan fingerprint density at radius 3 is 2.81 bits per heavy atom. The van der Waals surface area contributed by atoms with E-state index < -0.39 is 23.7 Å². The van der Waals surface area contributed by atoms with Gasteiger partial charge in [0.05, 0.1) is 12.2 Å². The summed E-state index contributed by atoms with van der Waals surface area (Å²) in [5.41, 5.74) is 0.239. The third-order valence-electron chi connectivity index (χ3n) is 7.17. The first-order valence-electron chi connectivity index (χ1n) is 10.5. The fraction of sp³-hybridized carbons (Fsp3) is 0.773. The van der Waals surface area contributed by atoms with E-state index in [4.69, 9.17) is 4.74 Å². The molecule has 0 radical (unpaired) electrons. The van der Waals surface area contributed by atoms with E-state index in [1.807, 2.05) is 6.92 Å². The second kappa shape index (κ2) is 8.56. The van der Waals surface area contributed by atoms with E-state index in [0.29, 0.717) is 12.8 Å². The van der Waals surface area contributed by atoms with Crippen molar-refractivity contribution in [2.24, 2.45) is 11.3 Å². The summed E-state index contributed by atoms with van der Waals surface area (Å²) in [7, 11) is 1.53. The normalized spacial score (nSPS) is 33.7. The molecule has 1 saturated heterocycles. The van der Waals surface area contributed by atoms with E-state index in [0.717, 1.165) is 37.4 Å². The molecular weight excluding hydrogens is 342 g/mol. The number of fused-ring (bicyclic) bond motifs is 2. The van der Waals surface area contributed by atoms with Crippen molar-refractivity contribution >= 4 is 5.78 Å². The maximum absolute atomic E-state index is 12.4. The van der Waals surface area contributed by atoms with Crippen molar-refractivity contribution in [1.82, 2.24) is 4.90 Å². The van der Waals surface area contributed by atoms with Gasteiger partial charge in [0.15, 0.2) is 5.78 Å². The van der Waals surface area contributed by atoms with E-state index >= 15 is 0 Å². The van der Waals surface area contributed by atoms with Gasteiger partial charge in [0, 0.05) is 25.1 Å². The lowest BCUT2D eigenvalue weighted by Crippen LogP contribution is -2.63. The van der Waals surface area contributed by atoms with Gasteiger partial charge in [-0.05, 0) is 62.6 Å². The van der Waals surface area contributed by atoms with E-state index in [1.54, 1.807) is 0 Å². The van der Waals surface area contributed by atoms with Gasteiger partial charge in [0.2, 0.25) is 0 Å². The van der Waals surface area contributed by atoms with Crippen LogP contribution in [0.5, 0.6) is 0 Å². The summed E-state index contributed by atoms with van der Waals surface area (Å²) in [6.07, 6.45) is 8.04. The average Bonchev–Trinajstić information content (AvgIpc) is 2.63. The number of ether oxygens (including phenoxy) is 1. The molecule has 2 fully saturated rings. The number of carbonyl (C=O) groups excluding carboxylic acids is 1. The number of likely N-dealkylation sites (tertiary alicyclic amines) is 1. The molecule has 0 aromatic heterocycles. The molecule has 152 valence electrons. The molecule has 5 heteroatoms. The van der Waals surface area contributed by atoms with Crippen LogP contribution < -0.4 is 0 Å². The largest absolute Gasteiger partial charge is 0.393 e. The summed E-state index contributed by atoms with van der Waals surface area (Å²) in [5, 5.41) is 21.9. The van der Waals surface area contributed by atoms with Gasteiger partial charge in [-0.1, -0.05) is 26.0 Å². The molecule has 2 unspecified atom stereocenters. The molecule has 1 heterocycles. The molecule has 5 nitrogen and oxygen atoms in total. The Morgan fingerprint density at radius 1 is 1.52 bits per heavy atom. The second-order valence-corrected chi connectivity index (χ2v) is 8.59. The highest BCUT2D eigenvalue weighted by Gasteiger charge is 2.54. The molecule has 3 rings (SSSR count). The topological polar surface area (TPSA) is 70.0 Å². The summed E-state index contributed by atoms with van der Waals surface area (Å²) in [5.74, 6) is 0.571. The Hall–Kier alpha value is -1.01. The number of ketones is 1. The van der Waals surface area contributed by atoms with Crippen LogP contribution in [0.15, 0.2) is 24.3 Å². The third-order valence-corrected chi connectivity index (χ3v) is 7.17. The summed E-state index contributed by atoms with van der Waals surface area (Å²) in [6, 6.07) is 0.0588. The smallest absolute Gasteiger partial charge is 0.188 e. The molecule has 1 saturated carbocycles. The number of hydrogen-bond acceptors (Lipinski definition) is 5. The third kappa shape index (κ3) is 3.80. The number of rotatable bonds is 9. The van der Waals surface area contributed by atoms with Gasteiger partial charge in [0.25, 0.3) is 0 Å². The molecule has 27 heavy (non-hydrogen) atoms. The summed E-state index contributed by atoms with van der Waals surface area (Å²) < 4.78 is 5.54. The lowest BCUT2D eigenvalue weighted by Gasteiger charge is -2.56. The average molecular weight is 378 g/mol. The molecule has 3 aliphatic rings. The zero-order chi connectivity index (χ0) is 19.6. The molecule has 0 spiro atoms. The van der Waals surface area contributed by atoms with Crippen molar-refractivity contribution in [3.05, 3.63) is 24.3 Å². The Morgan fingerprint density at radius 2 is 2.26 bits per heavy atom. The van der Waals surface area contributed by atoms with Gasteiger partial charge >= 0.3 is 0 Å². The number of aliphatic hydroxyl groups excluding tert-OH is 2. The van der Waals surface area contributed by atoms with E-state index in [-0.39, 0.29) is 11.8 Å². The fourth-order valence-corrected chi connectivity index (χ4v) is 5.28. The monoisotopic (exact) mass is 377 g/mol. The standard InChI is InChI=1S/C22H35NO4/c1-4-16(24)13-22-11-12-23(14-15-7-6-8-15)18(21(22)26)10-9-17(22)20(27-3)19(25)5-2/h5,9,15-16,18,20-21,24,26H,2,4,6-8,10-14H2,1,3H3/t16-,18?,20?,21+,22+/m0/s1. The molecule has 2 aliphatic carbocycles. The maximum Gasteiger partial charge on any atom is 0.188 e. The van der Waals surface area contributed by atoms with Crippen molar-refractivity contribution in [2.75, 3.05) is 20.2 Å². The maximum atomic E-state index is 12.4. The van der Waals surface area contributed by atoms with Crippen molar-refractivity contribution in [3.63, 3.8) is 0 Å². The second-order valence-electron chi connectivity index (χ2n) is 8.59. The number of nitrogens with zero attached hydrogens (tertiary/aromatic N) is 1. The minimum absolute atomic E-state index is 0.0588. The van der Waals surface area contributed by atoms with Crippen molar-refractivity contribution in [2.45, 2.75) is 76.2 Å². The zero-order valence-corrected chi connectivity index (χ0v) is 16.8. The van der Waals surface area contributed by atoms with Gasteiger partial charge < -0.3 is 14.9 Å². The Bertz CT molecular complexity index is 585. The molecule has 0 aromatic carbocycles. The Labute approximate surface area is 163 Å². The van der Waals surface area contributed by atoms with Crippen molar-refractivity contribution < 1.29 is 19.7 Å². The first-order valence-corrected chi connectivity index (χ1v) is 10.5. The molecule has 0 aromatic rings. The highest BCUT2D eigenvalue weighted by molar-refractivity contribution is 5.95. The van der Waals surface area contributed by atoms with Crippen LogP contribution in [0.2, 0.25) is 0 Å². The van der Waals surface area contributed by atoms with Crippen LogP contribution in [0.4, 0.5) is 0 Å². The predicted molar refractivity (Wildman–Crippen MR) is 105 cm³/mol. The van der Waals surface area contributed by atoms with Crippen LogP contribution in [-0.2, 0) is 9.53 Å². The molecule has 5 atom stereocenters.